The summed E-state index contributed by atoms with van der Waals surface area (Å²) >= 11 is 0. The molecule has 0 amide bonds. The summed E-state index contributed by atoms with van der Waals surface area (Å²) in [6, 6.07) is 0. The van der Waals surface area contributed by atoms with Crippen LogP contribution in [0.25, 0.3) is 0 Å². The molecule has 33 aliphatic carbocycles. The van der Waals surface area contributed by atoms with Crippen LogP contribution in [0.1, 0.15) is 546 Å². The van der Waals surface area contributed by atoms with Crippen molar-refractivity contribution >= 4 is 0 Å². The third-order valence-electron chi connectivity index (χ3n) is 59.4. The molecule has 0 saturated heterocycles. The fraction of sp³-hybridized carbons (Fsp3) is 1.00. The van der Waals surface area contributed by atoms with Crippen molar-refractivity contribution in [1.82, 2.24) is 0 Å². The van der Waals surface area contributed by atoms with Crippen molar-refractivity contribution in [1.29, 1.82) is 0 Å². The van der Waals surface area contributed by atoms with E-state index in [1.807, 2.05) is 0 Å². The molecule has 60 atom stereocenters. The van der Waals surface area contributed by atoms with Gasteiger partial charge in [0.05, 0.1) is 0 Å². The maximum absolute atomic E-state index is 2.57. The molecule has 0 radical (unpaired) electrons. The van der Waals surface area contributed by atoms with Gasteiger partial charge in [-0.3, -0.25) is 0 Å². The normalized spacial score (nSPS) is 57.5. The van der Waals surface area contributed by atoms with Gasteiger partial charge in [-0.25, -0.2) is 0 Å². The molecule has 60 unspecified atom stereocenters. The molecule has 0 aromatic rings. The average Bonchev–Trinajstić information content (AvgIpc) is 1.53. The van der Waals surface area contributed by atoms with Crippen molar-refractivity contribution in [3.63, 3.8) is 0 Å². The summed E-state index contributed by atoms with van der Waals surface area (Å²) in [7, 11) is 0. The van der Waals surface area contributed by atoms with Gasteiger partial charge in [-0.2, -0.15) is 0 Å². The van der Waals surface area contributed by atoms with Gasteiger partial charge in [0.15, 0.2) is 0 Å². The molecule has 854 valence electrons. The molecule has 33 rings (SSSR count). The van der Waals surface area contributed by atoms with E-state index < -0.39 is 0 Å². The van der Waals surface area contributed by atoms with Gasteiger partial charge in [0.1, 0.15) is 0 Å². The zero-order chi connectivity index (χ0) is 104. The third kappa shape index (κ3) is 23.9. The molecule has 33 aliphatic rings. The third-order valence-corrected chi connectivity index (χ3v) is 59.4. The predicted molar refractivity (Wildman–Crippen MR) is 641 cm³/mol. The molecule has 0 aliphatic heterocycles. The van der Waals surface area contributed by atoms with E-state index in [2.05, 4.69) is 180 Å². The van der Waals surface area contributed by atoms with Gasteiger partial charge in [0, 0.05) is 0 Å². The second kappa shape index (κ2) is 49.2. The van der Waals surface area contributed by atoms with Gasteiger partial charge >= 0.3 is 0 Å². The minimum atomic E-state index is 1.00. The molecule has 0 spiro atoms. The van der Waals surface area contributed by atoms with Gasteiger partial charge in [0.2, 0.25) is 0 Å². The van der Waals surface area contributed by atoms with Crippen molar-refractivity contribution in [3.05, 3.63) is 0 Å². The zero-order valence-electron chi connectivity index (χ0n) is 104. The van der Waals surface area contributed by atoms with Crippen LogP contribution in [0.2, 0.25) is 0 Å². The molecule has 0 aromatic heterocycles. The predicted octanol–water partition coefficient (Wildman–Crippen LogP) is 43.7. The average molecular weight is 2050 g/mol. The summed E-state index contributed by atoms with van der Waals surface area (Å²) in [6.45, 7) is 63.8. The number of fused-ring (bicyclic) bond motifs is 55. The van der Waals surface area contributed by atoms with Gasteiger partial charge < -0.3 is 0 Å². The molecule has 0 aromatic carbocycles. The van der Waals surface area contributed by atoms with E-state index in [-0.39, 0.29) is 0 Å². The summed E-state index contributed by atoms with van der Waals surface area (Å²) in [5, 5.41) is 0. The Morgan fingerprint density at radius 1 is 0.0872 bits per heavy atom. The molecule has 33 saturated carbocycles. The lowest BCUT2D eigenvalue weighted by Crippen LogP contribution is -2.39. The van der Waals surface area contributed by atoms with Crippen LogP contribution in [0, 0.1) is 391 Å². The van der Waals surface area contributed by atoms with Crippen LogP contribution in [0.15, 0.2) is 0 Å². The Bertz CT molecular complexity index is 3960. The fourth-order valence-corrected chi connectivity index (χ4v) is 52.6. The Balaban J connectivity index is 0.0000000953. The standard InChI is InChI=1S/3C17H26.3C12H20.2C10H20.2C9H16.3C8H16/c1-8-3-12-13(4-8)15-7-14(12)16-10-5-9(2)11(6-10)17(15)16;1-8-3-4-11-13-7-14(15(8)11)16-10-5-9(2)12(6-10)17(13)16;1-8-3-4-11-13-7-14(15(8)11)17-12-6-10(16(13)17)5-9(12)2;1-7-3-11-9-5-8(2)10(6-9)12(11)4-7;1-7-3-4-10-11-6-9(12(7)10)5-8(11)2;1-7-3-4-10-9-5-8(2)11(6-9)12(7)10;1-9-5-3-7-10(2)8-4-6-9;1-9-5-3-4-6-10(2)8-7-9;1-6-3-9-5-8(6)4-7(9)2;1-6-3-8-4-7(2)9(6)5-8;1-7-3-5-8(2)6-4-7;1-7-4-3-5-8(2)6-7;1-7-5-3-4-6-8(7)2/h3*8-17H,3-7H2,1-2H3;3*7-12H,3-6H2,1-2H3;2*9-10H,3-8H2,1-2H3;2*6-9H,3-5H2,1-2H3;3*7-8H,3-6H2,1-2H3. The first-order chi connectivity index (χ1) is 71.5. The van der Waals surface area contributed by atoms with E-state index in [4.69, 9.17) is 0 Å². The highest BCUT2D eigenvalue weighted by Gasteiger charge is 2.72. The van der Waals surface area contributed by atoms with Crippen molar-refractivity contribution in [2.75, 3.05) is 0 Å². The molecule has 149 heavy (non-hydrogen) atoms. The monoisotopic (exact) mass is 2050 g/mol. The second-order valence-corrected chi connectivity index (χ2v) is 68.9. The van der Waals surface area contributed by atoms with Gasteiger partial charge in [0.25, 0.3) is 0 Å². The lowest BCUT2D eigenvalue weighted by atomic mass is 9.61. The second-order valence-electron chi connectivity index (χ2n) is 68.9. The topological polar surface area (TPSA) is 0 Å². The van der Waals surface area contributed by atoms with Crippen LogP contribution in [0.4, 0.5) is 0 Å². The Morgan fingerprint density at radius 2 is 0.349 bits per heavy atom. The fourth-order valence-electron chi connectivity index (χ4n) is 52.6. The zero-order valence-corrected chi connectivity index (χ0v) is 104. The van der Waals surface area contributed by atoms with Gasteiger partial charge in [-0.05, 0) is 583 Å². The van der Waals surface area contributed by atoms with Crippen molar-refractivity contribution < 1.29 is 0 Å². The van der Waals surface area contributed by atoms with Crippen LogP contribution in [-0.4, -0.2) is 0 Å². The Labute approximate surface area is 930 Å². The lowest BCUT2D eigenvalue weighted by molar-refractivity contribution is 0.0395. The SMILES string of the molecule is CC1CC2C(C1)C1CC2C2C3CC(C)C(C3)C12.CC1CC2C3CC(C)C(C3)C2C1.CC1CC2CC(C)C1C2.CC1CC2CC1C1C(C)CCC21.CC1CC2CC1C1C3CC(C4C(C)CCC34)C21.CC1CC2CC1C1C3CC(C4CCC(C)C43)C21.CC1CC2CC1C1CCC(C)C21.CC1CC2CC1CC2C.CC1CCC(C)CC1.CC1CCCC(C)C1.CC1CCCC(C)CCC1.CC1CCCCC(C)CC1.CC1CCCCC1C. The van der Waals surface area contributed by atoms with Crippen molar-refractivity contribution in [2.45, 2.75) is 546 Å². The summed E-state index contributed by atoms with van der Waals surface area (Å²) < 4.78 is 0. The Morgan fingerprint density at radius 3 is 0.752 bits per heavy atom. The van der Waals surface area contributed by atoms with Gasteiger partial charge in [-0.1, -0.05) is 353 Å². The van der Waals surface area contributed by atoms with E-state index in [1.54, 1.807) is 173 Å². The van der Waals surface area contributed by atoms with E-state index in [9.17, 15) is 0 Å². The van der Waals surface area contributed by atoms with E-state index in [0.717, 1.165) is 254 Å². The molecular weight excluding hydrogens is 1790 g/mol. The number of rotatable bonds is 0. The first kappa shape index (κ1) is 114. The molecule has 33 fully saturated rings. The smallest absolute Gasteiger partial charge is 0.0318 e. The van der Waals surface area contributed by atoms with Crippen LogP contribution in [-0.2, 0) is 0 Å². The quantitative estimate of drug-likeness (QED) is 0.212. The molecular formula is C149H258. The minimum absolute atomic E-state index is 1.00. The highest BCUT2D eigenvalue weighted by Crippen LogP contribution is 2.79. The largest absolute Gasteiger partial charge is 0.0625 e. The lowest BCUT2D eigenvalue weighted by Gasteiger charge is -2.43. The summed E-state index contributed by atoms with van der Waals surface area (Å²) in [4.78, 5) is 0. The van der Waals surface area contributed by atoms with Crippen LogP contribution >= 0.6 is 0 Å². The first-order valence-electron chi connectivity index (χ1n) is 71.5. The summed E-state index contributed by atoms with van der Waals surface area (Å²) in [5.41, 5.74) is 0. The maximum Gasteiger partial charge on any atom is -0.0318 e. The first-order valence-corrected chi connectivity index (χ1v) is 71.5. The highest BCUT2D eigenvalue weighted by atomic mass is 14.8. The highest BCUT2D eigenvalue weighted by molar-refractivity contribution is 5.21. The van der Waals surface area contributed by atoms with Crippen LogP contribution in [0.5, 0.6) is 0 Å². The Kier molecular flexibility index (Phi) is 37.7. The number of hydrogen-bond donors (Lipinski definition) is 0. The molecule has 22 bridgehead atoms. The molecule has 0 nitrogen and oxygen atoms in total. The van der Waals surface area contributed by atoms with Crippen molar-refractivity contribution in [2.24, 2.45) is 391 Å². The van der Waals surface area contributed by atoms with Gasteiger partial charge in [-0.15, -0.1) is 0 Å². The molecule has 0 heterocycles. The maximum atomic E-state index is 2.57. The van der Waals surface area contributed by atoms with E-state index >= 15 is 0 Å². The van der Waals surface area contributed by atoms with Crippen LogP contribution in [0.3, 0.4) is 0 Å². The number of hydrogen-bond acceptors (Lipinski definition) is 0. The van der Waals surface area contributed by atoms with Crippen molar-refractivity contribution in [3.8, 4) is 0 Å². The molecule has 0 N–H and O–H groups in total. The summed E-state index contributed by atoms with van der Waals surface area (Å²) in [6.07, 6.45) is 87.7. The summed E-state index contributed by atoms with van der Waals surface area (Å²) in [5.74, 6) is 74.0. The molecule has 0 heteroatoms. The minimum Gasteiger partial charge on any atom is -0.0625 e. The van der Waals surface area contributed by atoms with E-state index in [0.29, 0.717) is 0 Å². The van der Waals surface area contributed by atoms with Crippen LogP contribution < -0.4 is 0 Å². The van der Waals surface area contributed by atoms with E-state index in [1.165, 1.54) is 329 Å². The Hall–Kier alpha value is 0.